The Labute approximate surface area is 120 Å². The van der Waals surface area contributed by atoms with E-state index in [0.717, 1.165) is 37.4 Å². The minimum absolute atomic E-state index is 0.245. The highest BCUT2D eigenvalue weighted by Gasteiger charge is 2.20. The normalized spacial score (nSPS) is 16.8. The van der Waals surface area contributed by atoms with Gasteiger partial charge in [-0.3, -0.25) is 4.79 Å². The summed E-state index contributed by atoms with van der Waals surface area (Å²) in [5.41, 5.74) is 2.40. The number of carbonyl (C=O) groups excluding carboxylic acids is 1. The first-order valence-corrected chi connectivity index (χ1v) is 7.47. The number of amides is 1. The Hall–Kier alpha value is -1.77. The highest BCUT2D eigenvalue weighted by atomic mass is 16.2. The summed E-state index contributed by atoms with van der Waals surface area (Å²) < 4.78 is 2.06. The Morgan fingerprint density at radius 3 is 2.75 bits per heavy atom. The third kappa shape index (κ3) is 2.58. The lowest BCUT2D eigenvalue weighted by molar-refractivity contribution is -0.133. The Kier molecular flexibility index (Phi) is 3.51. The zero-order valence-corrected chi connectivity index (χ0v) is 12.3. The molecule has 0 unspecified atom stereocenters. The maximum atomic E-state index is 12.4. The molecule has 3 nitrogen and oxygen atoms in total. The summed E-state index contributed by atoms with van der Waals surface area (Å²) >= 11 is 0. The lowest BCUT2D eigenvalue weighted by Crippen LogP contribution is -2.39. The molecule has 1 saturated heterocycles. The summed E-state index contributed by atoms with van der Waals surface area (Å²) in [6.45, 7) is 6.65. The first kappa shape index (κ1) is 13.2. The number of hydrogen-bond acceptors (Lipinski definition) is 1. The second kappa shape index (κ2) is 5.31. The van der Waals surface area contributed by atoms with Crippen LogP contribution >= 0.6 is 0 Å². The van der Waals surface area contributed by atoms with Crippen molar-refractivity contribution in [3.63, 3.8) is 0 Å². The molecular formula is C17H22N2O. The molecule has 0 spiro atoms. The number of fused-ring (bicyclic) bond motifs is 1. The molecule has 20 heavy (non-hydrogen) atoms. The van der Waals surface area contributed by atoms with Gasteiger partial charge in [-0.25, -0.2) is 0 Å². The minimum atomic E-state index is 0.245. The maximum Gasteiger partial charge on any atom is 0.242 e. The number of hydrogen-bond donors (Lipinski definition) is 0. The smallest absolute Gasteiger partial charge is 0.242 e. The predicted molar refractivity (Wildman–Crippen MR) is 81.7 cm³/mol. The number of likely N-dealkylation sites (tertiary alicyclic amines) is 1. The van der Waals surface area contributed by atoms with Crippen molar-refractivity contribution in [2.75, 3.05) is 13.1 Å². The van der Waals surface area contributed by atoms with Crippen LogP contribution in [-0.4, -0.2) is 28.5 Å². The fourth-order valence-electron chi connectivity index (χ4n) is 2.96. The van der Waals surface area contributed by atoms with Crippen molar-refractivity contribution in [1.82, 2.24) is 9.47 Å². The van der Waals surface area contributed by atoms with Gasteiger partial charge in [-0.05, 0) is 49.3 Å². The number of aryl methyl sites for hydroxylation is 1. The third-order valence-corrected chi connectivity index (χ3v) is 4.37. The average Bonchev–Trinajstić information content (AvgIpc) is 2.81. The molecule has 0 saturated carbocycles. The van der Waals surface area contributed by atoms with Crippen molar-refractivity contribution in [1.29, 1.82) is 0 Å². The molecule has 1 fully saturated rings. The van der Waals surface area contributed by atoms with Crippen molar-refractivity contribution in [3.05, 3.63) is 36.0 Å². The van der Waals surface area contributed by atoms with Crippen LogP contribution in [-0.2, 0) is 11.3 Å². The second-order valence-corrected chi connectivity index (χ2v) is 6.07. The van der Waals surface area contributed by atoms with E-state index < -0.39 is 0 Å². The summed E-state index contributed by atoms with van der Waals surface area (Å²) in [6.07, 6.45) is 4.29. The van der Waals surface area contributed by atoms with Crippen LogP contribution in [0.15, 0.2) is 30.5 Å². The summed E-state index contributed by atoms with van der Waals surface area (Å²) in [6, 6.07) is 8.47. The van der Waals surface area contributed by atoms with E-state index in [2.05, 4.69) is 42.7 Å². The van der Waals surface area contributed by atoms with E-state index in [4.69, 9.17) is 0 Å². The Bertz CT molecular complexity index is 621. The van der Waals surface area contributed by atoms with Crippen LogP contribution in [0.25, 0.3) is 10.9 Å². The van der Waals surface area contributed by atoms with Gasteiger partial charge < -0.3 is 9.47 Å². The van der Waals surface area contributed by atoms with Crippen LogP contribution in [0.2, 0.25) is 0 Å². The van der Waals surface area contributed by atoms with Gasteiger partial charge in [0.2, 0.25) is 5.91 Å². The molecule has 106 valence electrons. The molecule has 0 aliphatic carbocycles. The van der Waals surface area contributed by atoms with E-state index in [1.165, 1.54) is 10.9 Å². The van der Waals surface area contributed by atoms with Gasteiger partial charge in [-0.1, -0.05) is 18.6 Å². The van der Waals surface area contributed by atoms with Crippen LogP contribution in [0.1, 0.15) is 25.3 Å². The summed E-state index contributed by atoms with van der Waals surface area (Å²) in [5.74, 6) is 1.00. The van der Waals surface area contributed by atoms with Crippen molar-refractivity contribution in [3.8, 4) is 0 Å². The van der Waals surface area contributed by atoms with Crippen molar-refractivity contribution >= 4 is 16.8 Å². The zero-order valence-electron chi connectivity index (χ0n) is 12.3. The maximum absolute atomic E-state index is 12.4. The first-order valence-electron chi connectivity index (χ1n) is 7.47. The molecule has 3 heteroatoms. The van der Waals surface area contributed by atoms with Crippen LogP contribution in [0.4, 0.5) is 0 Å². The number of aromatic nitrogens is 1. The van der Waals surface area contributed by atoms with Crippen LogP contribution in [0.3, 0.4) is 0 Å². The lowest BCUT2D eigenvalue weighted by Gasteiger charge is -2.30. The van der Waals surface area contributed by atoms with Gasteiger partial charge in [0.1, 0.15) is 6.54 Å². The average molecular weight is 270 g/mol. The molecule has 0 atom stereocenters. The van der Waals surface area contributed by atoms with Crippen LogP contribution < -0.4 is 0 Å². The van der Waals surface area contributed by atoms with Gasteiger partial charge in [0.25, 0.3) is 0 Å². The molecule has 3 rings (SSSR count). The van der Waals surface area contributed by atoms with E-state index >= 15 is 0 Å². The zero-order chi connectivity index (χ0) is 14.1. The molecule has 0 radical (unpaired) electrons. The molecule has 0 bridgehead atoms. The number of carbonyl (C=O) groups is 1. The van der Waals surface area contributed by atoms with Crippen molar-refractivity contribution in [2.24, 2.45) is 5.92 Å². The van der Waals surface area contributed by atoms with E-state index in [-0.39, 0.29) is 5.91 Å². The molecule has 1 amide bonds. The van der Waals surface area contributed by atoms with Gasteiger partial charge in [0.05, 0.1) is 0 Å². The van der Waals surface area contributed by atoms with E-state index in [9.17, 15) is 4.79 Å². The molecule has 1 aliphatic heterocycles. The quantitative estimate of drug-likeness (QED) is 0.822. The Balaban J connectivity index is 1.74. The van der Waals surface area contributed by atoms with Gasteiger partial charge in [-0.15, -0.1) is 0 Å². The molecule has 2 aromatic rings. The molecule has 1 aromatic carbocycles. The number of piperidine rings is 1. The first-order chi connectivity index (χ1) is 9.63. The highest BCUT2D eigenvalue weighted by molar-refractivity contribution is 5.83. The number of benzene rings is 1. The molecule has 2 heterocycles. The number of nitrogens with zero attached hydrogens (tertiary/aromatic N) is 2. The molecule has 1 aliphatic rings. The van der Waals surface area contributed by atoms with E-state index in [1.54, 1.807) is 0 Å². The molecular weight excluding hydrogens is 248 g/mol. The van der Waals surface area contributed by atoms with Gasteiger partial charge in [-0.2, -0.15) is 0 Å². The summed E-state index contributed by atoms with van der Waals surface area (Å²) in [7, 11) is 0. The molecule has 0 N–H and O–H groups in total. The molecule has 1 aromatic heterocycles. The number of rotatable bonds is 2. The van der Waals surface area contributed by atoms with Gasteiger partial charge >= 0.3 is 0 Å². The topological polar surface area (TPSA) is 25.2 Å². The van der Waals surface area contributed by atoms with E-state index in [1.807, 2.05) is 11.1 Å². The largest absolute Gasteiger partial charge is 0.341 e. The lowest BCUT2D eigenvalue weighted by atomic mass is 9.99. The Morgan fingerprint density at radius 1 is 1.25 bits per heavy atom. The fraction of sp³-hybridized carbons (Fsp3) is 0.471. The SMILES string of the molecule is Cc1ccc2c(ccn2CC(=O)N2CCC(C)CC2)c1. The second-order valence-electron chi connectivity index (χ2n) is 6.07. The van der Waals surface area contributed by atoms with E-state index in [0.29, 0.717) is 6.54 Å². The van der Waals surface area contributed by atoms with Crippen LogP contribution in [0.5, 0.6) is 0 Å². The highest BCUT2D eigenvalue weighted by Crippen LogP contribution is 2.19. The Morgan fingerprint density at radius 2 is 2.00 bits per heavy atom. The predicted octanol–water partition coefficient (Wildman–Crippen LogP) is 3.21. The standard InChI is InChI=1S/C17H22N2O/c1-13-5-8-18(9-6-13)17(20)12-19-10-7-15-11-14(2)3-4-16(15)19/h3-4,7,10-11,13H,5-6,8-9,12H2,1-2H3. The van der Waals surface area contributed by atoms with Crippen molar-refractivity contribution in [2.45, 2.75) is 33.2 Å². The fourth-order valence-corrected chi connectivity index (χ4v) is 2.96. The summed E-state index contributed by atoms with van der Waals surface area (Å²) in [4.78, 5) is 14.4. The van der Waals surface area contributed by atoms with Gasteiger partial charge in [0.15, 0.2) is 0 Å². The van der Waals surface area contributed by atoms with Gasteiger partial charge in [0, 0.05) is 24.8 Å². The third-order valence-electron chi connectivity index (χ3n) is 4.37. The minimum Gasteiger partial charge on any atom is -0.341 e. The monoisotopic (exact) mass is 270 g/mol. The van der Waals surface area contributed by atoms with Crippen LogP contribution in [0, 0.1) is 12.8 Å². The summed E-state index contributed by atoms with van der Waals surface area (Å²) in [5, 5.41) is 1.21. The van der Waals surface area contributed by atoms with Crippen molar-refractivity contribution < 1.29 is 4.79 Å².